The van der Waals surface area contributed by atoms with Gasteiger partial charge in [0.15, 0.2) is 0 Å². The average Bonchev–Trinajstić information content (AvgIpc) is 3.04. The highest BCUT2D eigenvalue weighted by molar-refractivity contribution is 7.97. The van der Waals surface area contributed by atoms with Crippen LogP contribution in [0.2, 0.25) is 5.02 Å². The van der Waals surface area contributed by atoms with Crippen molar-refractivity contribution in [2.45, 2.75) is 30.6 Å². The van der Waals surface area contributed by atoms with Crippen LogP contribution in [0.1, 0.15) is 24.8 Å². The van der Waals surface area contributed by atoms with E-state index in [1.807, 2.05) is 30.5 Å². The Balaban J connectivity index is 1.74. The van der Waals surface area contributed by atoms with Gasteiger partial charge in [0.2, 0.25) is 0 Å². The fourth-order valence-corrected chi connectivity index (χ4v) is 4.96. The van der Waals surface area contributed by atoms with Crippen molar-refractivity contribution in [1.29, 1.82) is 0 Å². The number of nitrogens with zero attached hydrogens (tertiary/aromatic N) is 3. The highest BCUT2D eigenvalue weighted by Crippen LogP contribution is 2.39. The molecule has 4 rings (SSSR count). The highest BCUT2D eigenvalue weighted by atomic mass is 35.5. The van der Waals surface area contributed by atoms with Crippen LogP contribution in [0.3, 0.4) is 0 Å². The molecule has 2 aromatic heterocycles. The molecule has 0 amide bonds. The van der Waals surface area contributed by atoms with Crippen molar-refractivity contribution in [2.75, 3.05) is 13.1 Å². The van der Waals surface area contributed by atoms with Gasteiger partial charge in [0, 0.05) is 40.3 Å². The molecule has 0 unspecified atom stereocenters. The van der Waals surface area contributed by atoms with Crippen LogP contribution in [-0.4, -0.2) is 38.1 Å². The lowest BCUT2D eigenvalue weighted by atomic mass is 10.1. The topological polar surface area (TPSA) is 57.8 Å². The maximum Gasteiger partial charge on any atom is 0.307 e. The molecular formula is C20H20ClN3O2S. The zero-order chi connectivity index (χ0) is 18.8. The molecule has 1 saturated heterocycles. The first kappa shape index (κ1) is 18.3. The summed E-state index contributed by atoms with van der Waals surface area (Å²) in [6.45, 7) is 2.17. The van der Waals surface area contributed by atoms with Crippen LogP contribution in [0, 0.1) is 0 Å². The van der Waals surface area contributed by atoms with E-state index >= 15 is 0 Å². The summed E-state index contributed by atoms with van der Waals surface area (Å²) in [5, 5.41) is 14.1. The number of carboxylic acids is 1. The number of aliphatic carboxylic acids is 1. The summed E-state index contributed by atoms with van der Waals surface area (Å²) >= 11 is 8.34. The van der Waals surface area contributed by atoms with Crippen LogP contribution in [0.25, 0.3) is 16.6 Å². The predicted molar refractivity (Wildman–Crippen MR) is 108 cm³/mol. The Morgan fingerprint density at radius 2 is 2.04 bits per heavy atom. The van der Waals surface area contributed by atoms with E-state index < -0.39 is 5.97 Å². The van der Waals surface area contributed by atoms with Crippen molar-refractivity contribution >= 4 is 35.0 Å². The molecule has 1 aliphatic heterocycles. The molecule has 1 aliphatic rings. The Morgan fingerprint density at radius 1 is 1.22 bits per heavy atom. The molecular weight excluding hydrogens is 382 g/mol. The lowest BCUT2D eigenvalue weighted by Crippen LogP contribution is -2.22. The molecule has 0 saturated carbocycles. The molecule has 1 aromatic carbocycles. The second-order valence-electron chi connectivity index (χ2n) is 6.68. The second-order valence-corrected chi connectivity index (χ2v) is 8.23. The number of carbonyl (C=O) groups is 1. The Hall–Kier alpha value is -2.02. The summed E-state index contributed by atoms with van der Waals surface area (Å²) in [5.74, 6) is -0.866. The van der Waals surface area contributed by atoms with Gasteiger partial charge >= 0.3 is 5.97 Å². The SMILES string of the molecule is O=C(O)Cc1cnn2ccc(-c3c(Cl)cccc3SN3CCCCC3)cc12. The normalized spacial score (nSPS) is 15.3. The molecule has 0 spiro atoms. The summed E-state index contributed by atoms with van der Waals surface area (Å²) in [4.78, 5) is 12.2. The van der Waals surface area contributed by atoms with E-state index in [-0.39, 0.29) is 6.42 Å². The second kappa shape index (κ2) is 7.92. The van der Waals surface area contributed by atoms with Gasteiger partial charge in [-0.05, 0) is 54.6 Å². The standard InChI is InChI=1S/C20H20ClN3O2S/c21-16-5-4-6-18(27-23-8-2-1-3-9-23)20(16)14-7-10-24-17(11-14)15(13-22-24)12-19(25)26/h4-7,10-11,13H,1-3,8-9,12H2,(H,25,26). The molecule has 3 aromatic rings. The molecule has 27 heavy (non-hydrogen) atoms. The molecule has 3 heterocycles. The number of aromatic nitrogens is 2. The van der Waals surface area contributed by atoms with E-state index in [0.717, 1.165) is 34.6 Å². The van der Waals surface area contributed by atoms with Gasteiger partial charge in [0.25, 0.3) is 0 Å². The third-order valence-corrected chi connectivity index (χ3v) is 6.22. The summed E-state index contributed by atoms with van der Waals surface area (Å²) in [6, 6.07) is 9.93. The number of pyridine rings is 1. The molecule has 0 atom stereocenters. The van der Waals surface area contributed by atoms with Crippen LogP contribution in [0.4, 0.5) is 0 Å². The number of rotatable bonds is 5. The highest BCUT2D eigenvalue weighted by Gasteiger charge is 2.17. The minimum Gasteiger partial charge on any atom is -0.481 e. The van der Waals surface area contributed by atoms with Crippen molar-refractivity contribution in [2.24, 2.45) is 0 Å². The minimum atomic E-state index is -0.866. The lowest BCUT2D eigenvalue weighted by Gasteiger charge is -2.26. The van der Waals surface area contributed by atoms with Crippen molar-refractivity contribution in [3.63, 3.8) is 0 Å². The fraction of sp³-hybridized carbons (Fsp3) is 0.300. The Morgan fingerprint density at radius 3 is 2.81 bits per heavy atom. The smallest absolute Gasteiger partial charge is 0.307 e. The number of carboxylic acid groups (broad SMARTS) is 1. The van der Waals surface area contributed by atoms with Crippen molar-refractivity contribution in [3.8, 4) is 11.1 Å². The lowest BCUT2D eigenvalue weighted by molar-refractivity contribution is -0.136. The zero-order valence-electron chi connectivity index (χ0n) is 14.8. The zero-order valence-corrected chi connectivity index (χ0v) is 16.3. The van der Waals surface area contributed by atoms with E-state index in [9.17, 15) is 4.79 Å². The largest absolute Gasteiger partial charge is 0.481 e. The van der Waals surface area contributed by atoms with Crippen LogP contribution in [0.5, 0.6) is 0 Å². The third kappa shape index (κ3) is 3.98. The summed E-state index contributed by atoms with van der Waals surface area (Å²) in [7, 11) is 0. The fourth-order valence-electron chi connectivity index (χ4n) is 3.44. The van der Waals surface area contributed by atoms with E-state index in [2.05, 4.69) is 15.5 Å². The first-order valence-electron chi connectivity index (χ1n) is 9.02. The van der Waals surface area contributed by atoms with Gasteiger partial charge in [-0.3, -0.25) is 4.79 Å². The Kier molecular flexibility index (Phi) is 5.38. The summed E-state index contributed by atoms with van der Waals surface area (Å²) in [6.07, 6.45) is 7.17. The van der Waals surface area contributed by atoms with Gasteiger partial charge in [-0.1, -0.05) is 24.1 Å². The number of hydrogen-bond acceptors (Lipinski definition) is 4. The average molecular weight is 402 g/mol. The van der Waals surface area contributed by atoms with E-state index in [0.29, 0.717) is 10.6 Å². The van der Waals surface area contributed by atoms with Crippen LogP contribution < -0.4 is 0 Å². The maximum absolute atomic E-state index is 11.1. The number of halogens is 1. The third-order valence-electron chi connectivity index (χ3n) is 4.75. The Bertz CT molecular complexity index is 983. The van der Waals surface area contributed by atoms with Gasteiger partial charge in [-0.25, -0.2) is 8.82 Å². The summed E-state index contributed by atoms with van der Waals surface area (Å²) in [5.41, 5.74) is 3.45. The van der Waals surface area contributed by atoms with Gasteiger partial charge in [0.05, 0.1) is 18.1 Å². The number of piperidine rings is 1. The predicted octanol–water partition coefficient (Wildman–Crippen LogP) is 4.77. The Labute approximate surface area is 167 Å². The van der Waals surface area contributed by atoms with E-state index in [1.54, 1.807) is 22.7 Å². The van der Waals surface area contributed by atoms with Gasteiger partial charge in [0.1, 0.15) is 0 Å². The van der Waals surface area contributed by atoms with Gasteiger partial charge in [-0.2, -0.15) is 5.10 Å². The molecule has 1 N–H and O–H groups in total. The van der Waals surface area contributed by atoms with Crippen molar-refractivity contribution in [3.05, 3.63) is 53.3 Å². The first-order valence-corrected chi connectivity index (χ1v) is 10.2. The first-order chi connectivity index (χ1) is 13.1. The molecule has 140 valence electrons. The van der Waals surface area contributed by atoms with Crippen LogP contribution in [-0.2, 0) is 11.2 Å². The molecule has 0 aliphatic carbocycles. The number of hydrogen-bond donors (Lipinski definition) is 1. The number of benzene rings is 1. The quantitative estimate of drug-likeness (QED) is 0.624. The molecule has 7 heteroatoms. The molecule has 0 radical (unpaired) electrons. The molecule has 0 bridgehead atoms. The maximum atomic E-state index is 11.1. The van der Waals surface area contributed by atoms with Crippen LogP contribution >= 0.6 is 23.5 Å². The van der Waals surface area contributed by atoms with E-state index in [4.69, 9.17) is 16.7 Å². The monoisotopic (exact) mass is 401 g/mol. The minimum absolute atomic E-state index is 0.0507. The van der Waals surface area contributed by atoms with E-state index in [1.165, 1.54) is 19.3 Å². The summed E-state index contributed by atoms with van der Waals surface area (Å²) < 4.78 is 4.10. The van der Waals surface area contributed by atoms with Crippen molar-refractivity contribution in [1.82, 2.24) is 13.9 Å². The van der Waals surface area contributed by atoms with Gasteiger partial charge in [-0.15, -0.1) is 0 Å². The van der Waals surface area contributed by atoms with Crippen LogP contribution in [0.15, 0.2) is 47.6 Å². The van der Waals surface area contributed by atoms with Crippen molar-refractivity contribution < 1.29 is 9.90 Å². The number of fused-ring (bicyclic) bond motifs is 1. The molecule has 5 nitrogen and oxygen atoms in total. The van der Waals surface area contributed by atoms with Gasteiger partial charge < -0.3 is 5.11 Å². The molecule has 1 fully saturated rings.